The highest BCUT2D eigenvalue weighted by Crippen LogP contribution is 2.23. The summed E-state index contributed by atoms with van der Waals surface area (Å²) in [6.45, 7) is 5.33. The standard InChI is InChI=1S/C19H20BrN3O3/c1-13-4-3-5-14(2)18(13)25-12-16-6-7-17(26-16)19(24)21-8-9-23-11-15(20)10-22-23/h3-7,10-11H,8-9,12H2,1-2H3,(H,21,24). The number of hydrogen-bond acceptors (Lipinski definition) is 4. The van der Waals surface area contributed by atoms with Crippen LogP contribution in [0, 0.1) is 13.8 Å². The molecule has 1 amide bonds. The second-order valence-corrected chi connectivity index (χ2v) is 6.87. The first-order valence-corrected chi connectivity index (χ1v) is 9.06. The second-order valence-electron chi connectivity index (χ2n) is 5.95. The topological polar surface area (TPSA) is 69.3 Å². The minimum absolute atomic E-state index is 0.255. The number of benzene rings is 1. The van der Waals surface area contributed by atoms with E-state index in [1.54, 1.807) is 23.0 Å². The minimum atomic E-state index is -0.255. The number of carbonyl (C=O) groups excluding carboxylic acids is 1. The zero-order valence-electron chi connectivity index (χ0n) is 14.7. The highest BCUT2D eigenvalue weighted by atomic mass is 79.9. The number of hydrogen-bond donors (Lipinski definition) is 1. The molecule has 0 aliphatic rings. The normalized spacial score (nSPS) is 10.7. The van der Waals surface area contributed by atoms with Gasteiger partial charge in [0.05, 0.1) is 17.2 Å². The lowest BCUT2D eigenvalue weighted by Crippen LogP contribution is -2.27. The summed E-state index contributed by atoms with van der Waals surface area (Å²) in [6.07, 6.45) is 3.55. The Balaban J connectivity index is 1.51. The first kappa shape index (κ1) is 18.3. The van der Waals surface area contributed by atoms with E-state index in [9.17, 15) is 4.79 Å². The van der Waals surface area contributed by atoms with Crippen LogP contribution in [0.2, 0.25) is 0 Å². The molecule has 0 atom stereocenters. The number of amides is 1. The monoisotopic (exact) mass is 417 g/mol. The summed E-state index contributed by atoms with van der Waals surface area (Å²) in [5.41, 5.74) is 2.14. The molecule has 1 aromatic carbocycles. The molecule has 3 rings (SSSR count). The van der Waals surface area contributed by atoms with Gasteiger partial charge < -0.3 is 14.5 Å². The van der Waals surface area contributed by atoms with Gasteiger partial charge in [0.2, 0.25) is 0 Å². The van der Waals surface area contributed by atoms with Crippen molar-refractivity contribution in [3.63, 3.8) is 0 Å². The quantitative estimate of drug-likeness (QED) is 0.633. The zero-order valence-corrected chi connectivity index (χ0v) is 16.2. The second kappa shape index (κ2) is 8.23. The van der Waals surface area contributed by atoms with Gasteiger partial charge >= 0.3 is 0 Å². The average molecular weight is 418 g/mol. The van der Waals surface area contributed by atoms with Crippen LogP contribution in [0.3, 0.4) is 0 Å². The number of nitrogens with one attached hydrogen (secondary N) is 1. The van der Waals surface area contributed by atoms with E-state index >= 15 is 0 Å². The van der Waals surface area contributed by atoms with Crippen LogP contribution in [0.25, 0.3) is 0 Å². The minimum Gasteiger partial charge on any atom is -0.485 e. The fraction of sp³-hybridized carbons (Fsp3) is 0.263. The number of para-hydroxylation sites is 1. The van der Waals surface area contributed by atoms with Gasteiger partial charge in [-0.1, -0.05) is 18.2 Å². The van der Waals surface area contributed by atoms with Crippen molar-refractivity contribution in [2.75, 3.05) is 6.54 Å². The molecule has 0 spiro atoms. The van der Waals surface area contributed by atoms with E-state index in [1.165, 1.54) is 0 Å². The van der Waals surface area contributed by atoms with E-state index in [1.807, 2.05) is 38.2 Å². The van der Waals surface area contributed by atoms with Crippen LogP contribution < -0.4 is 10.1 Å². The summed E-state index contributed by atoms with van der Waals surface area (Å²) in [4.78, 5) is 12.2. The average Bonchev–Trinajstić information content (AvgIpc) is 3.23. The Bertz CT molecular complexity index is 881. The number of halogens is 1. The Hall–Kier alpha value is -2.54. The van der Waals surface area contributed by atoms with Crippen LogP contribution in [0.1, 0.15) is 27.4 Å². The predicted octanol–water partition coefficient (Wildman–Crippen LogP) is 3.86. The zero-order chi connectivity index (χ0) is 18.5. The van der Waals surface area contributed by atoms with E-state index in [4.69, 9.17) is 9.15 Å². The third kappa shape index (κ3) is 4.54. The SMILES string of the molecule is Cc1cccc(C)c1OCc1ccc(C(=O)NCCn2cc(Br)cn2)o1. The number of aryl methyl sites for hydroxylation is 2. The largest absolute Gasteiger partial charge is 0.485 e. The number of ether oxygens (including phenoxy) is 1. The van der Waals surface area contributed by atoms with Gasteiger partial charge in [0.1, 0.15) is 18.1 Å². The van der Waals surface area contributed by atoms with E-state index in [2.05, 4.69) is 26.3 Å². The van der Waals surface area contributed by atoms with Gasteiger partial charge in [-0.2, -0.15) is 5.10 Å². The number of rotatable bonds is 7. The van der Waals surface area contributed by atoms with Crippen molar-refractivity contribution in [3.8, 4) is 5.75 Å². The third-order valence-electron chi connectivity index (χ3n) is 3.88. The third-order valence-corrected chi connectivity index (χ3v) is 4.29. The Morgan fingerprint density at radius 3 is 2.73 bits per heavy atom. The van der Waals surface area contributed by atoms with Crippen LogP contribution in [0.15, 0.2) is 51.6 Å². The lowest BCUT2D eigenvalue weighted by molar-refractivity contribution is 0.0920. The molecule has 0 radical (unpaired) electrons. The lowest BCUT2D eigenvalue weighted by atomic mass is 10.1. The van der Waals surface area contributed by atoms with Crippen LogP contribution in [0.4, 0.5) is 0 Å². The van der Waals surface area contributed by atoms with E-state index in [0.29, 0.717) is 18.8 Å². The summed E-state index contributed by atoms with van der Waals surface area (Å²) in [5.74, 6) is 1.47. The molecule has 7 heteroatoms. The summed E-state index contributed by atoms with van der Waals surface area (Å²) in [6, 6.07) is 9.41. The Morgan fingerprint density at radius 2 is 2.04 bits per heavy atom. The first-order chi connectivity index (χ1) is 12.5. The van der Waals surface area contributed by atoms with Gasteiger partial charge in [-0.25, -0.2) is 0 Å². The highest BCUT2D eigenvalue weighted by Gasteiger charge is 2.12. The van der Waals surface area contributed by atoms with E-state index < -0.39 is 0 Å². The van der Waals surface area contributed by atoms with Gasteiger partial charge in [-0.15, -0.1) is 0 Å². The fourth-order valence-corrected chi connectivity index (χ4v) is 2.91. The predicted molar refractivity (Wildman–Crippen MR) is 101 cm³/mol. The first-order valence-electron chi connectivity index (χ1n) is 8.27. The fourth-order valence-electron chi connectivity index (χ4n) is 2.58. The van der Waals surface area contributed by atoms with Gasteiger partial charge in [0.15, 0.2) is 5.76 Å². The van der Waals surface area contributed by atoms with Crippen LogP contribution in [-0.4, -0.2) is 22.2 Å². The maximum atomic E-state index is 12.2. The highest BCUT2D eigenvalue weighted by molar-refractivity contribution is 9.10. The number of nitrogens with zero attached hydrogens (tertiary/aromatic N) is 2. The summed E-state index contributed by atoms with van der Waals surface area (Å²) in [5, 5.41) is 6.95. The summed E-state index contributed by atoms with van der Waals surface area (Å²) < 4.78 is 14.1. The smallest absolute Gasteiger partial charge is 0.287 e. The van der Waals surface area contributed by atoms with Crippen LogP contribution >= 0.6 is 15.9 Å². The van der Waals surface area contributed by atoms with Crippen molar-refractivity contribution in [1.29, 1.82) is 0 Å². The molecule has 6 nitrogen and oxygen atoms in total. The van der Waals surface area contributed by atoms with Crippen molar-refractivity contribution >= 4 is 21.8 Å². The van der Waals surface area contributed by atoms with Crippen LogP contribution in [0.5, 0.6) is 5.75 Å². The molecular weight excluding hydrogens is 398 g/mol. The van der Waals surface area contributed by atoms with Gasteiger partial charge in [0.25, 0.3) is 5.91 Å². The molecule has 0 unspecified atom stereocenters. The van der Waals surface area contributed by atoms with Gasteiger partial charge in [-0.3, -0.25) is 9.48 Å². The van der Waals surface area contributed by atoms with Crippen molar-refractivity contribution in [1.82, 2.24) is 15.1 Å². The molecule has 0 bridgehead atoms. The lowest BCUT2D eigenvalue weighted by Gasteiger charge is -2.10. The maximum absolute atomic E-state index is 12.2. The Kier molecular flexibility index (Phi) is 5.78. The molecule has 136 valence electrons. The molecule has 26 heavy (non-hydrogen) atoms. The van der Waals surface area contributed by atoms with Crippen LogP contribution in [-0.2, 0) is 13.2 Å². The molecular formula is C19H20BrN3O3. The molecule has 2 aromatic heterocycles. The Morgan fingerprint density at radius 1 is 1.27 bits per heavy atom. The molecule has 1 N–H and O–H groups in total. The molecule has 0 fully saturated rings. The van der Waals surface area contributed by atoms with Crippen molar-refractivity contribution in [3.05, 3.63) is 69.8 Å². The molecule has 0 aliphatic carbocycles. The van der Waals surface area contributed by atoms with Crippen molar-refractivity contribution in [2.45, 2.75) is 27.0 Å². The molecule has 0 aliphatic heterocycles. The van der Waals surface area contributed by atoms with E-state index in [0.717, 1.165) is 21.3 Å². The summed E-state index contributed by atoms with van der Waals surface area (Å²) >= 11 is 3.34. The number of furan rings is 1. The number of aromatic nitrogens is 2. The van der Waals surface area contributed by atoms with E-state index in [-0.39, 0.29) is 18.3 Å². The van der Waals surface area contributed by atoms with Crippen molar-refractivity contribution < 1.29 is 13.9 Å². The number of carbonyl (C=O) groups is 1. The van der Waals surface area contributed by atoms with Gasteiger partial charge in [-0.05, 0) is 53.0 Å². The molecule has 3 aromatic rings. The van der Waals surface area contributed by atoms with Crippen molar-refractivity contribution in [2.24, 2.45) is 0 Å². The Labute approximate surface area is 160 Å². The maximum Gasteiger partial charge on any atom is 0.287 e. The molecule has 0 saturated carbocycles. The summed E-state index contributed by atoms with van der Waals surface area (Å²) in [7, 11) is 0. The molecule has 2 heterocycles. The molecule has 0 saturated heterocycles. The van der Waals surface area contributed by atoms with Gasteiger partial charge in [0, 0.05) is 12.7 Å².